The van der Waals surface area contributed by atoms with Crippen LogP contribution in [-0.4, -0.2) is 50.8 Å². The van der Waals surface area contributed by atoms with Gasteiger partial charge in [-0.1, -0.05) is 24.3 Å². The van der Waals surface area contributed by atoms with Crippen LogP contribution in [0.3, 0.4) is 0 Å². The highest BCUT2D eigenvalue weighted by Gasteiger charge is 2.42. The molecule has 5 rings (SSSR count). The molecule has 37 heavy (non-hydrogen) atoms. The van der Waals surface area contributed by atoms with Gasteiger partial charge in [0.15, 0.2) is 23.0 Å². The maximum Gasteiger partial charge on any atom is 0.254 e. The number of hydrogen-bond donors (Lipinski definition) is 1. The number of carbonyl (C=O) groups is 2. The molecule has 192 valence electrons. The van der Waals surface area contributed by atoms with E-state index in [4.69, 9.17) is 18.9 Å². The molecule has 3 aromatic carbocycles. The van der Waals surface area contributed by atoms with Crippen molar-refractivity contribution >= 4 is 11.8 Å². The van der Waals surface area contributed by atoms with E-state index in [0.29, 0.717) is 35.1 Å². The molecule has 0 bridgehead atoms. The number of fused-ring (bicyclic) bond motifs is 1. The number of rotatable bonds is 7. The van der Waals surface area contributed by atoms with E-state index in [1.54, 1.807) is 55.5 Å². The fourth-order valence-electron chi connectivity index (χ4n) is 4.89. The third kappa shape index (κ3) is 4.89. The van der Waals surface area contributed by atoms with E-state index in [9.17, 15) is 14.0 Å². The Morgan fingerprint density at radius 2 is 1.78 bits per heavy atom. The summed E-state index contributed by atoms with van der Waals surface area (Å²) in [6.45, 7) is 0.886. The Kier molecular flexibility index (Phi) is 6.85. The molecular formula is C28H27FN2O6. The second-order valence-electron chi connectivity index (χ2n) is 8.92. The third-order valence-electron chi connectivity index (χ3n) is 6.78. The van der Waals surface area contributed by atoms with Gasteiger partial charge in [-0.15, -0.1) is 0 Å². The zero-order valence-electron chi connectivity index (χ0n) is 20.5. The number of nitrogens with zero attached hydrogens (tertiary/aromatic N) is 1. The van der Waals surface area contributed by atoms with Gasteiger partial charge < -0.3 is 29.2 Å². The number of hydrogen-bond acceptors (Lipinski definition) is 6. The number of nitrogens with one attached hydrogen (secondary N) is 1. The van der Waals surface area contributed by atoms with Crippen LogP contribution in [0.5, 0.6) is 23.0 Å². The molecule has 0 radical (unpaired) electrons. The number of benzene rings is 3. The number of carbonyl (C=O) groups excluding carboxylic acids is 2. The molecule has 2 aliphatic rings. The van der Waals surface area contributed by atoms with Crippen molar-refractivity contribution in [2.24, 2.45) is 5.92 Å². The number of amides is 2. The molecule has 9 heteroatoms. The summed E-state index contributed by atoms with van der Waals surface area (Å²) < 4.78 is 35.2. The van der Waals surface area contributed by atoms with Gasteiger partial charge in [0.25, 0.3) is 5.91 Å². The Balaban J connectivity index is 1.42. The molecule has 1 N–H and O–H groups in total. The SMILES string of the molecule is COc1cccc([C@@H]2CN(C(=O)c3ccc4c(c3)OCO4)C[C@H]2C(=O)NCc2ccc(F)cc2)c1OC. The molecular weight excluding hydrogens is 479 g/mol. The highest BCUT2D eigenvalue weighted by atomic mass is 19.1. The maximum absolute atomic E-state index is 13.5. The van der Waals surface area contributed by atoms with Crippen LogP contribution in [0, 0.1) is 11.7 Å². The Morgan fingerprint density at radius 1 is 1.00 bits per heavy atom. The highest BCUT2D eigenvalue weighted by Crippen LogP contribution is 2.42. The summed E-state index contributed by atoms with van der Waals surface area (Å²) >= 11 is 0. The fourth-order valence-corrected chi connectivity index (χ4v) is 4.89. The molecule has 0 saturated carbocycles. The van der Waals surface area contributed by atoms with E-state index in [-0.39, 0.29) is 43.4 Å². The van der Waals surface area contributed by atoms with E-state index in [1.165, 1.54) is 12.1 Å². The molecule has 8 nitrogen and oxygen atoms in total. The van der Waals surface area contributed by atoms with Gasteiger partial charge in [0.05, 0.1) is 20.1 Å². The summed E-state index contributed by atoms with van der Waals surface area (Å²) in [4.78, 5) is 28.6. The quantitative estimate of drug-likeness (QED) is 0.526. The van der Waals surface area contributed by atoms with E-state index in [0.717, 1.165) is 11.1 Å². The lowest BCUT2D eigenvalue weighted by molar-refractivity contribution is -0.125. The van der Waals surface area contributed by atoms with Crippen molar-refractivity contribution < 1.29 is 32.9 Å². The second-order valence-corrected chi connectivity index (χ2v) is 8.92. The van der Waals surface area contributed by atoms with Gasteiger partial charge in [0, 0.05) is 36.7 Å². The minimum atomic E-state index is -0.542. The summed E-state index contributed by atoms with van der Waals surface area (Å²) in [5.74, 6) is 0.554. The summed E-state index contributed by atoms with van der Waals surface area (Å²) in [6.07, 6.45) is 0. The molecule has 0 aromatic heterocycles. The van der Waals surface area contributed by atoms with Gasteiger partial charge in [-0.25, -0.2) is 4.39 Å². The van der Waals surface area contributed by atoms with Crippen LogP contribution in [-0.2, 0) is 11.3 Å². The van der Waals surface area contributed by atoms with E-state index < -0.39 is 5.92 Å². The van der Waals surface area contributed by atoms with Crippen LogP contribution in [0.25, 0.3) is 0 Å². The number of ether oxygens (including phenoxy) is 4. The average Bonchev–Trinajstić information content (AvgIpc) is 3.59. The van der Waals surface area contributed by atoms with Gasteiger partial charge in [-0.2, -0.15) is 0 Å². The largest absolute Gasteiger partial charge is 0.493 e. The van der Waals surface area contributed by atoms with Crippen LogP contribution >= 0.6 is 0 Å². The van der Waals surface area contributed by atoms with Gasteiger partial charge >= 0.3 is 0 Å². The van der Waals surface area contributed by atoms with Crippen LogP contribution in [0.4, 0.5) is 4.39 Å². The summed E-state index contributed by atoms with van der Waals surface area (Å²) in [6, 6.07) is 16.5. The summed E-state index contributed by atoms with van der Waals surface area (Å²) in [5.41, 5.74) is 2.01. The van der Waals surface area contributed by atoms with Gasteiger partial charge in [0.1, 0.15) is 5.82 Å². The van der Waals surface area contributed by atoms with Gasteiger partial charge in [0.2, 0.25) is 12.7 Å². The summed E-state index contributed by atoms with van der Waals surface area (Å²) in [5, 5.41) is 2.95. The van der Waals surface area contributed by atoms with Crippen LogP contribution in [0.1, 0.15) is 27.4 Å². The van der Waals surface area contributed by atoms with Crippen LogP contribution in [0.2, 0.25) is 0 Å². The zero-order chi connectivity index (χ0) is 25.9. The first-order chi connectivity index (χ1) is 18.0. The lowest BCUT2D eigenvalue weighted by atomic mass is 9.87. The predicted molar refractivity (Wildman–Crippen MR) is 132 cm³/mol. The number of para-hydroxylation sites is 1. The van der Waals surface area contributed by atoms with Crippen molar-refractivity contribution in [2.75, 3.05) is 34.1 Å². The molecule has 3 aromatic rings. The fraction of sp³-hybridized carbons (Fsp3) is 0.286. The zero-order valence-corrected chi connectivity index (χ0v) is 20.5. The minimum Gasteiger partial charge on any atom is -0.493 e. The molecule has 1 saturated heterocycles. The Hall–Kier alpha value is -4.27. The first-order valence-corrected chi connectivity index (χ1v) is 11.9. The number of halogens is 1. The normalized spacial score (nSPS) is 18.0. The molecule has 2 aliphatic heterocycles. The molecule has 2 atom stereocenters. The lowest BCUT2D eigenvalue weighted by Crippen LogP contribution is -2.35. The van der Waals surface area contributed by atoms with Gasteiger partial charge in [-0.05, 0) is 42.0 Å². The van der Waals surface area contributed by atoms with Crippen LogP contribution < -0.4 is 24.3 Å². The summed E-state index contributed by atoms with van der Waals surface area (Å²) in [7, 11) is 3.11. The molecule has 0 spiro atoms. The Bertz CT molecular complexity index is 1310. The second kappa shape index (κ2) is 10.4. The average molecular weight is 507 g/mol. The van der Waals surface area contributed by atoms with Crippen molar-refractivity contribution in [3.8, 4) is 23.0 Å². The molecule has 2 heterocycles. The van der Waals surface area contributed by atoms with Crippen molar-refractivity contribution in [3.63, 3.8) is 0 Å². The first kappa shape index (κ1) is 24.4. The number of likely N-dealkylation sites (tertiary alicyclic amines) is 1. The highest BCUT2D eigenvalue weighted by molar-refractivity contribution is 5.96. The van der Waals surface area contributed by atoms with Crippen molar-refractivity contribution in [3.05, 3.63) is 83.2 Å². The van der Waals surface area contributed by atoms with Gasteiger partial charge in [-0.3, -0.25) is 9.59 Å². The van der Waals surface area contributed by atoms with Crippen molar-refractivity contribution in [1.29, 1.82) is 0 Å². The standard InChI is InChI=1S/C28H27FN2O6/c1-34-24-5-3-4-20(26(24)35-2)21-14-31(28(33)18-8-11-23-25(12-18)37-16-36-23)15-22(21)27(32)30-13-17-6-9-19(29)10-7-17/h3-12,21-22H,13-16H2,1-2H3,(H,30,32)/t21-,22+/m0/s1. The Labute approximate surface area is 213 Å². The van der Waals surface area contributed by atoms with E-state index in [1.807, 2.05) is 12.1 Å². The predicted octanol–water partition coefficient (Wildman–Crippen LogP) is 3.74. The smallest absolute Gasteiger partial charge is 0.254 e. The maximum atomic E-state index is 13.5. The lowest BCUT2D eigenvalue weighted by Gasteiger charge is -2.21. The van der Waals surface area contributed by atoms with Crippen molar-refractivity contribution in [2.45, 2.75) is 12.5 Å². The molecule has 0 unspecified atom stereocenters. The van der Waals surface area contributed by atoms with Crippen LogP contribution in [0.15, 0.2) is 60.7 Å². The topological polar surface area (TPSA) is 86.3 Å². The van der Waals surface area contributed by atoms with E-state index in [2.05, 4.69) is 5.32 Å². The molecule has 0 aliphatic carbocycles. The monoisotopic (exact) mass is 506 g/mol. The first-order valence-electron chi connectivity index (χ1n) is 11.9. The molecule has 2 amide bonds. The molecule has 1 fully saturated rings. The Morgan fingerprint density at radius 3 is 2.54 bits per heavy atom. The number of methoxy groups -OCH3 is 2. The van der Waals surface area contributed by atoms with E-state index >= 15 is 0 Å². The minimum absolute atomic E-state index is 0.116. The van der Waals surface area contributed by atoms with Crippen molar-refractivity contribution in [1.82, 2.24) is 10.2 Å². The third-order valence-corrected chi connectivity index (χ3v) is 6.78.